The van der Waals surface area contributed by atoms with Gasteiger partial charge in [-0.25, -0.2) is 18.0 Å². The summed E-state index contributed by atoms with van der Waals surface area (Å²) in [5, 5.41) is 0. The molecule has 0 aliphatic heterocycles. The molecule has 7 nitrogen and oxygen atoms in total. The van der Waals surface area contributed by atoms with Crippen molar-refractivity contribution >= 4 is 22.1 Å². The van der Waals surface area contributed by atoms with Crippen LogP contribution in [0.3, 0.4) is 0 Å². The third kappa shape index (κ3) is 23.6. The van der Waals surface area contributed by atoms with Crippen LogP contribution >= 0.6 is 0 Å². The van der Waals surface area contributed by atoms with E-state index in [1.165, 1.54) is 140 Å². The minimum atomic E-state index is -4.82. The van der Waals surface area contributed by atoms with Gasteiger partial charge in [-0.15, -0.1) is 0 Å². The normalized spacial score (nSPS) is 12.0. The van der Waals surface area contributed by atoms with Crippen molar-refractivity contribution in [1.82, 2.24) is 0 Å². The van der Waals surface area contributed by atoms with Crippen LogP contribution in [0.5, 0.6) is 0 Å². The number of carbonyl (C=O) groups is 2. The molecule has 1 aromatic rings. The maximum atomic E-state index is 12.6. The molecule has 1 aromatic carbocycles. The third-order valence-electron chi connectivity index (χ3n) is 8.18. The van der Waals surface area contributed by atoms with Crippen LogP contribution in [0.4, 0.5) is 0 Å². The van der Waals surface area contributed by atoms with Crippen molar-refractivity contribution in [2.24, 2.45) is 0 Å². The van der Waals surface area contributed by atoms with Gasteiger partial charge in [-0.05, 0) is 25.0 Å². The first-order valence-electron chi connectivity index (χ1n) is 17.7. The molecular weight excluding hydrogens is 616 g/mol. The average Bonchev–Trinajstić information content (AvgIpc) is 3.00. The van der Waals surface area contributed by atoms with E-state index in [0.29, 0.717) is 6.42 Å². The van der Waals surface area contributed by atoms with Gasteiger partial charge in [-0.1, -0.05) is 167 Å². The Morgan fingerprint density at radius 2 is 0.956 bits per heavy atom. The predicted octanol–water partition coefficient (Wildman–Crippen LogP) is 7.28. The molecule has 0 radical (unpaired) electrons. The Bertz CT molecular complexity index is 983. The molecule has 45 heavy (non-hydrogen) atoms. The first-order chi connectivity index (χ1) is 21.3. The van der Waals surface area contributed by atoms with Gasteiger partial charge in [0, 0.05) is 0 Å². The summed E-state index contributed by atoms with van der Waals surface area (Å²) in [5.74, 6) is -1.70. The monoisotopic (exact) mass is 676 g/mol. The van der Waals surface area contributed by atoms with E-state index in [0.717, 1.165) is 19.3 Å². The second-order valence-electron chi connectivity index (χ2n) is 12.2. The maximum Gasteiger partial charge on any atom is 1.00 e. The van der Waals surface area contributed by atoms with E-state index in [1.807, 2.05) is 0 Å². The molecule has 0 N–H and O–H groups in total. The Kier molecular flexibility index (Phi) is 29.6. The summed E-state index contributed by atoms with van der Waals surface area (Å²) in [5.41, 5.74) is -1.90. The Balaban J connectivity index is 0.0000194. The molecule has 0 aromatic heterocycles. The summed E-state index contributed by atoms with van der Waals surface area (Å²) in [6, 6.07) is 5.91. The van der Waals surface area contributed by atoms with Crippen LogP contribution in [-0.2, 0) is 19.6 Å². The number of hydrogen-bond acceptors (Lipinski definition) is 7. The van der Waals surface area contributed by atoms with Gasteiger partial charge < -0.3 is 14.0 Å². The predicted molar refractivity (Wildman–Crippen MR) is 178 cm³/mol. The van der Waals surface area contributed by atoms with Crippen LogP contribution < -0.4 is 51.4 Å². The number of rotatable bonds is 29. The molecule has 0 heterocycles. The Hall–Kier alpha value is -0.294. The molecular formula is C36H61KO7S. The van der Waals surface area contributed by atoms with E-state index in [1.54, 1.807) is 13.0 Å². The van der Waals surface area contributed by atoms with Crippen LogP contribution in [0, 0.1) is 0 Å². The zero-order chi connectivity index (χ0) is 32.3. The number of hydrogen-bond donors (Lipinski definition) is 0. The molecule has 0 saturated carbocycles. The van der Waals surface area contributed by atoms with Gasteiger partial charge >= 0.3 is 63.3 Å². The molecule has 0 fully saturated rings. The topological polar surface area (TPSA) is 110 Å². The van der Waals surface area contributed by atoms with Crippen LogP contribution in [0.2, 0.25) is 0 Å². The smallest absolute Gasteiger partial charge is 0.745 e. The summed E-state index contributed by atoms with van der Waals surface area (Å²) in [7, 11) is -4.82. The van der Waals surface area contributed by atoms with E-state index in [9.17, 15) is 22.6 Å². The first-order valence-corrected chi connectivity index (χ1v) is 19.2. The van der Waals surface area contributed by atoms with Gasteiger partial charge in [0.2, 0.25) is 0 Å². The molecule has 9 heteroatoms. The zero-order valence-electron chi connectivity index (χ0n) is 28.8. The molecule has 0 spiro atoms. The second kappa shape index (κ2) is 29.8. The van der Waals surface area contributed by atoms with E-state index in [4.69, 9.17) is 9.47 Å². The number of benzene rings is 1. The van der Waals surface area contributed by atoms with E-state index in [-0.39, 0.29) is 75.5 Å². The molecule has 1 unspecified atom stereocenters. The minimum absolute atomic E-state index is 0. The van der Waals surface area contributed by atoms with Gasteiger partial charge in [0.05, 0.1) is 17.7 Å². The van der Waals surface area contributed by atoms with Crippen molar-refractivity contribution in [3.05, 3.63) is 35.4 Å². The van der Waals surface area contributed by atoms with Crippen LogP contribution in [-0.4, -0.2) is 37.0 Å². The summed E-state index contributed by atoms with van der Waals surface area (Å²) in [6.45, 7) is 4.20. The number of unbranched alkanes of at least 4 members (excludes halogenated alkanes) is 21. The number of ether oxygens (including phenoxy) is 2. The fourth-order valence-electron chi connectivity index (χ4n) is 5.47. The number of carbonyl (C=O) groups excluding carboxylic acids is 2. The summed E-state index contributed by atoms with van der Waals surface area (Å²) < 4.78 is 44.5. The SMILES string of the molecule is CCCCCCCCCCCCCCCCCCCCCCCCOC(=O)c1ccccc1C(=O)OC(CCC)S(=O)(=O)[O-].[K+]. The van der Waals surface area contributed by atoms with Gasteiger partial charge in [-0.2, -0.15) is 0 Å². The van der Waals surface area contributed by atoms with Crippen molar-refractivity contribution in [3.63, 3.8) is 0 Å². The maximum absolute atomic E-state index is 12.6. The van der Waals surface area contributed by atoms with Gasteiger partial charge in [0.15, 0.2) is 5.44 Å². The second-order valence-corrected chi connectivity index (χ2v) is 13.7. The molecule has 0 aliphatic carbocycles. The largest absolute Gasteiger partial charge is 1.00 e. The molecule has 1 atom stereocenters. The van der Waals surface area contributed by atoms with Gasteiger partial charge in [-0.3, -0.25) is 0 Å². The van der Waals surface area contributed by atoms with E-state index >= 15 is 0 Å². The molecule has 0 aliphatic rings. The molecule has 1 rings (SSSR count). The fourth-order valence-corrected chi connectivity index (χ4v) is 6.20. The van der Waals surface area contributed by atoms with Crippen molar-refractivity contribution in [2.45, 2.75) is 173 Å². The third-order valence-corrected chi connectivity index (χ3v) is 9.16. The van der Waals surface area contributed by atoms with Gasteiger partial charge in [0.1, 0.15) is 10.1 Å². The molecule has 0 saturated heterocycles. The summed E-state index contributed by atoms with van der Waals surface area (Å²) >= 11 is 0. The quantitative estimate of drug-likeness (QED) is 0.0380. The van der Waals surface area contributed by atoms with E-state index in [2.05, 4.69) is 6.92 Å². The molecule has 254 valence electrons. The van der Waals surface area contributed by atoms with Gasteiger partial charge in [0.25, 0.3) is 0 Å². The average molecular weight is 677 g/mol. The van der Waals surface area contributed by atoms with Crippen molar-refractivity contribution in [1.29, 1.82) is 0 Å². The number of esters is 2. The van der Waals surface area contributed by atoms with Crippen LogP contribution in [0.1, 0.15) is 189 Å². The molecule has 0 amide bonds. The van der Waals surface area contributed by atoms with Crippen LogP contribution in [0.25, 0.3) is 0 Å². The fraction of sp³-hybridized carbons (Fsp3) is 0.778. The minimum Gasteiger partial charge on any atom is -0.745 e. The Morgan fingerprint density at radius 1 is 0.600 bits per heavy atom. The molecule has 0 bridgehead atoms. The standard InChI is InChI=1S/C36H62O7S.K/c1-3-5-6-7-8-9-10-11-12-13-14-15-16-17-18-19-20-21-22-23-24-27-31-42-35(37)32-29-25-26-30-33(32)36(38)43-34(28-4-2)44(39,40)41;/h25-26,29-30,34H,3-24,27-28,31H2,1-2H3,(H,39,40,41);/q;+1/p-1. The summed E-state index contributed by atoms with van der Waals surface area (Å²) in [4.78, 5) is 25.1. The summed E-state index contributed by atoms with van der Waals surface area (Å²) in [6.07, 6.45) is 29.1. The van der Waals surface area contributed by atoms with Crippen molar-refractivity contribution in [3.8, 4) is 0 Å². The van der Waals surface area contributed by atoms with Crippen molar-refractivity contribution in [2.75, 3.05) is 6.61 Å². The first kappa shape index (κ1) is 44.7. The Morgan fingerprint density at radius 3 is 1.31 bits per heavy atom. The van der Waals surface area contributed by atoms with E-state index < -0.39 is 27.5 Å². The van der Waals surface area contributed by atoms with Crippen LogP contribution in [0.15, 0.2) is 24.3 Å². The Labute approximate surface area is 317 Å². The van der Waals surface area contributed by atoms with Crippen molar-refractivity contribution < 1.29 is 83.4 Å². The zero-order valence-corrected chi connectivity index (χ0v) is 32.8.